The molecule has 0 radical (unpaired) electrons. The number of likely N-dealkylation sites (tertiary alicyclic amines) is 1. The van der Waals surface area contributed by atoms with Gasteiger partial charge in [-0.15, -0.1) is 0 Å². The molecule has 0 aliphatic carbocycles. The normalized spacial score (nSPS) is 23.1. The van der Waals surface area contributed by atoms with Crippen LogP contribution in [0.3, 0.4) is 0 Å². The van der Waals surface area contributed by atoms with Gasteiger partial charge in [-0.05, 0) is 44.0 Å². The molecule has 0 bridgehead atoms. The zero-order valence-corrected chi connectivity index (χ0v) is 16.2. The van der Waals surface area contributed by atoms with E-state index in [9.17, 15) is 13.2 Å². The number of aromatic nitrogens is 1. The van der Waals surface area contributed by atoms with Crippen LogP contribution in [0.1, 0.15) is 30.1 Å². The molecule has 3 rings (SSSR count). The van der Waals surface area contributed by atoms with Gasteiger partial charge in [0, 0.05) is 32.4 Å². The van der Waals surface area contributed by atoms with E-state index < -0.39 is 9.84 Å². The second-order valence-electron chi connectivity index (χ2n) is 7.21. The minimum Gasteiger partial charge on any atom is -0.370 e. The first kappa shape index (κ1) is 19.1. The first-order valence-electron chi connectivity index (χ1n) is 9.39. The van der Waals surface area contributed by atoms with Gasteiger partial charge < -0.3 is 15.1 Å². The summed E-state index contributed by atoms with van der Waals surface area (Å²) in [6, 6.07) is 3.59. The van der Waals surface area contributed by atoms with Crippen molar-refractivity contribution in [2.75, 3.05) is 56.1 Å². The van der Waals surface area contributed by atoms with Crippen molar-refractivity contribution in [2.45, 2.75) is 19.8 Å². The van der Waals surface area contributed by atoms with Crippen molar-refractivity contribution in [3.8, 4) is 0 Å². The number of hydrogen-bond acceptors (Lipinski definition) is 6. The van der Waals surface area contributed by atoms with Gasteiger partial charge in [0.1, 0.15) is 5.82 Å². The maximum Gasteiger partial charge on any atom is 0.255 e. The van der Waals surface area contributed by atoms with Crippen LogP contribution in [0.15, 0.2) is 18.3 Å². The van der Waals surface area contributed by atoms with Crippen molar-refractivity contribution < 1.29 is 13.2 Å². The van der Waals surface area contributed by atoms with Crippen LogP contribution < -0.4 is 5.32 Å². The average Bonchev–Trinajstić information content (AvgIpc) is 3.08. The standard InChI is InChI=1S/C18H28N4O3S/c1-2-6-21-7-5-15(14-21)12-19-17-4-3-16(13-20-17)18(23)22-8-10-26(24,25)11-9-22/h3-4,13,15H,2,5-12,14H2,1H3,(H,19,20). The quantitative estimate of drug-likeness (QED) is 0.796. The topological polar surface area (TPSA) is 82.6 Å². The van der Waals surface area contributed by atoms with Gasteiger partial charge >= 0.3 is 0 Å². The number of anilines is 1. The number of nitrogens with zero attached hydrogens (tertiary/aromatic N) is 3. The third-order valence-corrected chi connectivity index (χ3v) is 6.73. The lowest BCUT2D eigenvalue weighted by atomic mass is 10.1. The largest absolute Gasteiger partial charge is 0.370 e. The summed E-state index contributed by atoms with van der Waals surface area (Å²) in [7, 11) is -2.98. The van der Waals surface area contributed by atoms with Gasteiger partial charge in [-0.3, -0.25) is 4.79 Å². The van der Waals surface area contributed by atoms with Crippen LogP contribution in [-0.4, -0.2) is 79.9 Å². The summed E-state index contributed by atoms with van der Waals surface area (Å²) in [6.45, 7) is 7.10. The summed E-state index contributed by atoms with van der Waals surface area (Å²) < 4.78 is 23.0. The number of carbonyl (C=O) groups is 1. The average molecular weight is 381 g/mol. The van der Waals surface area contributed by atoms with E-state index in [0.717, 1.165) is 18.9 Å². The highest BCUT2D eigenvalue weighted by Crippen LogP contribution is 2.17. The lowest BCUT2D eigenvalue weighted by Gasteiger charge is -2.26. The SMILES string of the molecule is CCCN1CCC(CNc2ccc(C(=O)N3CCS(=O)(=O)CC3)cn2)C1. The molecule has 2 fully saturated rings. The highest BCUT2D eigenvalue weighted by Gasteiger charge is 2.26. The van der Waals surface area contributed by atoms with E-state index in [2.05, 4.69) is 22.1 Å². The molecule has 1 N–H and O–H groups in total. The van der Waals surface area contributed by atoms with Crippen molar-refractivity contribution in [1.82, 2.24) is 14.8 Å². The van der Waals surface area contributed by atoms with E-state index in [4.69, 9.17) is 0 Å². The molecule has 0 spiro atoms. The number of hydrogen-bond donors (Lipinski definition) is 1. The fourth-order valence-electron chi connectivity index (χ4n) is 3.57. The van der Waals surface area contributed by atoms with Gasteiger partial charge in [0.25, 0.3) is 5.91 Å². The molecule has 1 atom stereocenters. The van der Waals surface area contributed by atoms with Crippen LogP contribution >= 0.6 is 0 Å². The van der Waals surface area contributed by atoms with Gasteiger partial charge in [0.05, 0.1) is 17.1 Å². The van der Waals surface area contributed by atoms with E-state index in [1.165, 1.54) is 25.9 Å². The van der Waals surface area contributed by atoms with Crippen LogP contribution in [0, 0.1) is 5.92 Å². The first-order valence-corrected chi connectivity index (χ1v) is 11.2. The van der Waals surface area contributed by atoms with Crippen LogP contribution in [0.4, 0.5) is 5.82 Å². The molecule has 2 aliphatic heterocycles. The fourth-order valence-corrected chi connectivity index (χ4v) is 4.77. The minimum atomic E-state index is -2.98. The monoisotopic (exact) mass is 380 g/mol. The second kappa shape index (κ2) is 8.35. The van der Waals surface area contributed by atoms with Gasteiger partial charge in [0.2, 0.25) is 0 Å². The van der Waals surface area contributed by atoms with Gasteiger partial charge in [-0.25, -0.2) is 13.4 Å². The van der Waals surface area contributed by atoms with E-state index in [1.54, 1.807) is 17.2 Å². The van der Waals surface area contributed by atoms with Gasteiger partial charge in [-0.2, -0.15) is 0 Å². The lowest BCUT2D eigenvalue weighted by Crippen LogP contribution is -2.43. The summed E-state index contributed by atoms with van der Waals surface area (Å²) in [5, 5.41) is 3.36. The molecule has 0 saturated carbocycles. The second-order valence-corrected chi connectivity index (χ2v) is 9.52. The van der Waals surface area contributed by atoms with Crippen molar-refractivity contribution in [3.05, 3.63) is 23.9 Å². The van der Waals surface area contributed by atoms with E-state index >= 15 is 0 Å². The molecule has 1 aromatic rings. The molecule has 3 heterocycles. The minimum absolute atomic E-state index is 0.0439. The Balaban J connectivity index is 1.48. The third-order valence-electron chi connectivity index (χ3n) is 5.12. The fraction of sp³-hybridized carbons (Fsp3) is 0.667. The summed E-state index contributed by atoms with van der Waals surface area (Å²) in [6.07, 6.45) is 3.98. The van der Waals surface area contributed by atoms with Gasteiger partial charge in [-0.1, -0.05) is 6.92 Å². The number of rotatable bonds is 6. The highest BCUT2D eigenvalue weighted by molar-refractivity contribution is 7.91. The Bertz CT molecular complexity index is 706. The Labute approximate surface area is 155 Å². The molecule has 2 saturated heterocycles. The number of carbonyl (C=O) groups excluding carboxylic acids is 1. The molecular formula is C18H28N4O3S. The van der Waals surface area contributed by atoms with Crippen molar-refractivity contribution >= 4 is 21.6 Å². The van der Waals surface area contributed by atoms with Crippen LogP contribution in [-0.2, 0) is 9.84 Å². The Morgan fingerprint density at radius 1 is 1.27 bits per heavy atom. The van der Waals surface area contributed by atoms with Crippen molar-refractivity contribution in [2.24, 2.45) is 5.92 Å². The maximum atomic E-state index is 12.5. The highest BCUT2D eigenvalue weighted by atomic mass is 32.2. The molecule has 7 nitrogen and oxygen atoms in total. The Hall–Kier alpha value is -1.67. The number of nitrogens with one attached hydrogen (secondary N) is 1. The molecule has 144 valence electrons. The van der Waals surface area contributed by atoms with Crippen molar-refractivity contribution in [3.63, 3.8) is 0 Å². The Morgan fingerprint density at radius 2 is 2.04 bits per heavy atom. The molecule has 1 amide bonds. The number of amides is 1. The van der Waals surface area contributed by atoms with E-state index in [-0.39, 0.29) is 30.5 Å². The molecule has 1 unspecified atom stereocenters. The predicted molar refractivity (Wildman–Crippen MR) is 102 cm³/mol. The summed E-state index contributed by atoms with van der Waals surface area (Å²) >= 11 is 0. The molecule has 26 heavy (non-hydrogen) atoms. The first-order chi connectivity index (χ1) is 12.5. The van der Waals surface area contributed by atoms with E-state index in [0.29, 0.717) is 11.5 Å². The van der Waals surface area contributed by atoms with Crippen LogP contribution in [0.25, 0.3) is 0 Å². The molecule has 0 aromatic carbocycles. The van der Waals surface area contributed by atoms with Crippen molar-refractivity contribution in [1.29, 1.82) is 0 Å². The zero-order valence-electron chi connectivity index (χ0n) is 15.4. The summed E-state index contributed by atoms with van der Waals surface area (Å²) in [5.41, 5.74) is 0.504. The number of sulfone groups is 1. The van der Waals surface area contributed by atoms with Crippen LogP contribution in [0.2, 0.25) is 0 Å². The molecule has 2 aliphatic rings. The molecule has 8 heteroatoms. The number of pyridine rings is 1. The Kier molecular flexibility index (Phi) is 6.13. The lowest BCUT2D eigenvalue weighted by molar-refractivity contribution is 0.0770. The Morgan fingerprint density at radius 3 is 2.69 bits per heavy atom. The smallest absolute Gasteiger partial charge is 0.255 e. The third kappa shape index (κ3) is 4.94. The maximum absolute atomic E-state index is 12.5. The zero-order chi connectivity index (χ0) is 18.6. The van der Waals surface area contributed by atoms with E-state index in [1.807, 2.05) is 6.07 Å². The summed E-state index contributed by atoms with van der Waals surface area (Å²) in [5.74, 6) is 1.35. The molecular weight excluding hydrogens is 352 g/mol. The molecule has 1 aromatic heterocycles. The predicted octanol–water partition coefficient (Wildman–Crippen LogP) is 1.10. The summed E-state index contributed by atoms with van der Waals surface area (Å²) in [4.78, 5) is 20.9. The van der Waals surface area contributed by atoms with Crippen LogP contribution in [0.5, 0.6) is 0 Å². The van der Waals surface area contributed by atoms with Gasteiger partial charge in [0.15, 0.2) is 9.84 Å².